The molecule has 1 aliphatic heterocycles. The van der Waals surface area contributed by atoms with E-state index in [0.29, 0.717) is 73.1 Å². The number of hydrogen-bond donors (Lipinski definition) is 0. The van der Waals surface area contributed by atoms with Gasteiger partial charge >= 0.3 is 0 Å². The van der Waals surface area contributed by atoms with Gasteiger partial charge in [0.05, 0.1) is 6.61 Å². The fourth-order valence-electron chi connectivity index (χ4n) is 12.2. The topological polar surface area (TPSA) is 46.2 Å². The van der Waals surface area contributed by atoms with Gasteiger partial charge in [-0.15, -0.1) is 6.42 Å². The molecule has 0 radical (unpaired) electrons. The van der Waals surface area contributed by atoms with Crippen molar-refractivity contribution in [1.29, 1.82) is 0 Å². The number of hydrogen-bond acceptors (Lipinski definition) is 5. The molecule has 1 heterocycles. The monoisotopic (exact) mass is 813 g/mol. The summed E-state index contributed by atoms with van der Waals surface area (Å²) in [5, 5.41) is 0. The fourth-order valence-corrected chi connectivity index (χ4v) is 34.4. The Balaban J connectivity index is 4.47. The molecule has 314 valence electrons. The third-order valence-electron chi connectivity index (χ3n) is 14.1. The summed E-state index contributed by atoms with van der Waals surface area (Å²) in [6.07, 6.45) is 4.46. The molecular weight excluding hydrogens is 721 g/mol. The van der Waals surface area contributed by atoms with E-state index in [-0.39, 0.29) is 18.3 Å². The molecule has 0 aliphatic carbocycles. The van der Waals surface area contributed by atoms with Gasteiger partial charge in [-0.1, -0.05) is 172 Å². The average Bonchev–Trinajstić information content (AvgIpc) is 2.99. The molecule has 0 saturated carbocycles. The molecule has 0 unspecified atom stereocenters. The molecule has 0 aromatic rings. The van der Waals surface area contributed by atoms with Crippen LogP contribution in [0.5, 0.6) is 0 Å². The highest BCUT2D eigenvalue weighted by atomic mass is 28.4. The van der Waals surface area contributed by atoms with E-state index >= 15 is 0 Å². The van der Waals surface area contributed by atoms with Crippen molar-refractivity contribution in [3.05, 3.63) is 0 Å². The van der Waals surface area contributed by atoms with Crippen LogP contribution in [-0.2, 0) is 22.4 Å². The van der Waals surface area contributed by atoms with Crippen LogP contribution in [0.25, 0.3) is 0 Å². The maximum Gasteiger partial charge on any atom is 0.201 e. The Hall–Kier alpha value is 0.228. The van der Waals surface area contributed by atoms with Crippen LogP contribution >= 0.6 is 0 Å². The van der Waals surface area contributed by atoms with E-state index in [0.717, 1.165) is 0 Å². The molecule has 0 bridgehead atoms. The number of terminal acetylenes is 1. The quantitative estimate of drug-likeness (QED) is 0.0853. The van der Waals surface area contributed by atoms with E-state index in [1.807, 2.05) is 0 Å². The largest absolute Gasteiger partial charge is 0.413 e. The fraction of sp³-hybridized carbons (Fsp3) is 0.955. The molecule has 0 amide bonds. The Bertz CT molecular complexity index is 1040. The van der Waals surface area contributed by atoms with Crippen LogP contribution in [0.3, 0.4) is 0 Å². The first-order chi connectivity index (χ1) is 24.1. The van der Waals surface area contributed by atoms with E-state index in [1.54, 1.807) is 0 Å². The van der Waals surface area contributed by atoms with Crippen LogP contribution in [0.1, 0.15) is 166 Å². The molecule has 1 saturated heterocycles. The van der Waals surface area contributed by atoms with Gasteiger partial charge in [0.2, 0.25) is 25.0 Å². The lowest BCUT2D eigenvalue weighted by Gasteiger charge is -2.57. The molecule has 9 heteroatoms. The highest BCUT2D eigenvalue weighted by Gasteiger charge is 2.60. The Kier molecular flexibility index (Phi) is 19.6. The summed E-state index contributed by atoms with van der Waals surface area (Å²) >= 11 is 0. The van der Waals surface area contributed by atoms with Gasteiger partial charge in [0.25, 0.3) is 0 Å². The number of rotatable bonds is 21. The SMILES string of the molecule is C#C[C@H]1O[C@H](CO[Si](C(C)C)(C(C)C)C(C)C)[C@@H](O[Si](C(C)C)(C(C)C)C(C)C)[C@H](O[Si](C(C)C)(C(C)C)C(C)C)[C@@H]1O[Si](C(C)C)(C(C)C)C(C)C. The van der Waals surface area contributed by atoms with Gasteiger partial charge in [0.1, 0.15) is 30.5 Å². The van der Waals surface area contributed by atoms with Crippen LogP contribution in [0.4, 0.5) is 0 Å². The van der Waals surface area contributed by atoms with Crippen LogP contribution in [-0.4, -0.2) is 70.4 Å². The Morgan fingerprint density at radius 1 is 0.396 bits per heavy atom. The van der Waals surface area contributed by atoms with E-state index in [2.05, 4.69) is 172 Å². The minimum absolute atomic E-state index is 0.372. The summed E-state index contributed by atoms with van der Waals surface area (Å²) in [7, 11) is -9.65. The Morgan fingerprint density at radius 2 is 0.642 bits per heavy atom. The third kappa shape index (κ3) is 9.92. The summed E-state index contributed by atoms with van der Waals surface area (Å²) in [6, 6.07) is 0. The normalized spacial score (nSPS) is 23.0. The van der Waals surface area contributed by atoms with E-state index < -0.39 is 45.5 Å². The van der Waals surface area contributed by atoms with Crippen molar-refractivity contribution < 1.29 is 22.4 Å². The second-order valence-corrected chi connectivity index (χ2v) is 42.3. The van der Waals surface area contributed by atoms with Gasteiger partial charge in [-0.2, -0.15) is 0 Å². The lowest BCUT2D eigenvalue weighted by atomic mass is 9.95. The molecule has 0 N–H and O–H groups in total. The molecule has 5 atom stereocenters. The third-order valence-corrected chi connectivity index (χ3v) is 38.5. The predicted octanol–water partition coefficient (Wildman–Crippen LogP) is 14.3. The summed E-state index contributed by atoms with van der Waals surface area (Å²) in [5.74, 6) is 3.17. The highest BCUT2D eigenvalue weighted by molar-refractivity contribution is 6.79. The van der Waals surface area contributed by atoms with Gasteiger partial charge in [0.15, 0.2) is 8.32 Å². The maximum atomic E-state index is 8.11. The molecule has 0 aromatic heterocycles. The van der Waals surface area contributed by atoms with Crippen molar-refractivity contribution in [3.63, 3.8) is 0 Å². The molecule has 5 nitrogen and oxygen atoms in total. The van der Waals surface area contributed by atoms with Crippen molar-refractivity contribution in [2.45, 2.75) is 263 Å². The summed E-state index contributed by atoms with van der Waals surface area (Å²) < 4.78 is 38.8. The molecule has 0 aromatic carbocycles. The Labute approximate surface area is 336 Å². The van der Waals surface area contributed by atoms with E-state index in [1.165, 1.54) is 0 Å². The second kappa shape index (κ2) is 20.3. The molecule has 0 spiro atoms. The summed E-state index contributed by atoms with van der Waals surface area (Å²) in [5.41, 5.74) is 4.83. The van der Waals surface area contributed by atoms with Crippen LogP contribution in [0.2, 0.25) is 66.5 Å². The van der Waals surface area contributed by atoms with Crippen molar-refractivity contribution in [2.24, 2.45) is 0 Å². The summed E-state index contributed by atoms with van der Waals surface area (Å²) in [6.45, 7) is 57.4. The zero-order valence-corrected chi connectivity index (χ0v) is 43.6. The first-order valence-electron chi connectivity index (χ1n) is 21.9. The predicted molar refractivity (Wildman–Crippen MR) is 242 cm³/mol. The number of ether oxygens (including phenoxy) is 1. The second-order valence-electron chi connectivity index (χ2n) is 20.6. The van der Waals surface area contributed by atoms with Gasteiger partial charge in [-0.3, -0.25) is 0 Å². The van der Waals surface area contributed by atoms with Crippen LogP contribution < -0.4 is 0 Å². The zero-order chi connectivity index (χ0) is 41.8. The highest BCUT2D eigenvalue weighted by Crippen LogP contribution is 2.51. The minimum atomic E-state index is -2.48. The smallest absolute Gasteiger partial charge is 0.201 e. The van der Waals surface area contributed by atoms with Crippen molar-refractivity contribution in [3.8, 4) is 12.3 Å². The zero-order valence-electron chi connectivity index (χ0n) is 39.6. The molecule has 1 rings (SSSR count). The molecule has 1 aliphatic rings. The lowest BCUT2D eigenvalue weighted by molar-refractivity contribution is -0.202. The van der Waals surface area contributed by atoms with E-state index in [9.17, 15) is 0 Å². The van der Waals surface area contributed by atoms with Crippen molar-refractivity contribution in [2.75, 3.05) is 6.61 Å². The van der Waals surface area contributed by atoms with Gasteiger partial charge < -0.3 is 22.4 Å². The lowest BCUT2D eigenvalue weighted by Crippen LogP contribution is -2.70. The molecular formula is C44H92O5Si4. The van der Waals surface area contributed by atoms with Crippen LogP contribution in [0, 0.1) is 12.3 Å². The first kappa shape index (κ1) is 51.2. The standard InChI is InChI=1S/C44H92O5Si4/c1-26-40-42(47-51(31(8)9,32(10)11)33(12)13)44(49-53(37(20)21,38(22)23)39(24)25)43(48-52(34(14)15,35(16)17)36(18)19)41(46-40)27-45-50(28(2)3,29(4)5)30(6)7/h1,28-44H,27H2,2-25H3/t40-,41-,42-,43-,44-/m1/s1. The minimum Gasteiger partial charge on any atom is -0.413 e. The Morgan fingerprint density at radius 3 is 0.887 bits per heavy atom. The van der Waals surface area contributed by atoms with E-state index in [4.69, 9.17) is 28.9 Å². The van der Waals surface area contributed by atoms with Crippen molar-refractivity contribution >= 4 is 33.3 Å². The maximum absolute atomic E-state index is 8.11. The van der Waals surface area contributed by atoms with Crippen LogP contribution in [0.15, 0.2) is 0 Å². The van der Waals surface area contributed by atoms with Gasteiger partial charge in [-0.25, -0.2) is 0 Å². The van der Waals surface area contributed by atoms with Gasteiger partial charge in [-0.05, 0) is 66.5 Å². The first-order valence-corrected chi connectivity index (χ1v) is 30.5. The van der Waals surface area contributed by atoms with Gasteiger partial charge in [0, 0.05) is 0 Å². The molecule has 1 fully saturated rings. The average molecular weight is 814 g/mol. The van der Waals surface area contributed by atoms with Crippen molar-refractivity contribution in [1.82, 2.24) is 0 Å². The summed E-state index contributed by atoms with van der Waals surface area (Å²) in [4.78, 5) is 0. The molecule has 53 heavy (non-hydrogen) atoms.